The third-order valence-corrected chi connectivity index (χ3v) is 1.87. The Hall–Kier alpha value is -1.40. The lowest BCUT2D eigenvalue weighted by Crippen LogP contribution is -2.24. The van der Waals surface area contributed by atoms with Crippen LogP contribution < -0.4 is 5.73 Å². The fourth-order valence-corrected chi connectivity index (χ4v) is 1.05. The molecule has 1 aromatic heterocycles. The summed E-state index contributed by atoms with van der Waals surface area (Å²) in [5.74, 6) is -0.472. The molecule has 0 saturated carbocycles. The average Bonchev–Trinajstić information content (AvgIpc) is 2.64. The van der Waals surface area contributed by atoms with Gasteiger partial charge in [-0.2, -0.15) is 5.10 Å². The van der Waals surface area contributed by atoms with E-state index in [1.54, 1.807) is 24.1 Å². The van der Waals surface area contributed by atoms with Crippen LogP contribution in [0, 0.1) is 0 Å². The smallest absolute Gasteiger partial charge is 0.327 e. The SMILES string of the molecule is COCCOC(=O)C(N)c1cnn(C)c1. The Morgan fingerprint density at radius 3 is 2.93 bits per heavy atom. The lowest BCUT2D eigenvalue weighted by Gasteiger charge is -2.09. The molecule has 1 atom stereocenters. The summed E-state index contributed by atoms with van der Waals surface area (Å²) in [6, 6.07) is -0.782. The number of rotatable bonds is 5. The molecule has 0 fully saturated rings. The third-order valence-electron chi connectivity index (χ3n) is 1.87. The zero-order chi connectivity index (χ0) is 11.3. The number of esters is 1. The van der Waals surface area contributed by atoms with Gasteiger partial charge in [-0.05, 0) is 0 Å². The highest BCUT2D eigenvalue weighted by Crippen LogP contribution is 2.09. The van der Waals surface area contributed by atoms with Crippen LogP contribution in [0.4, 0.5) is 0 Å². The second-order valence-electron chi connectivity index (χ2n) is 3.09. The number of nitrogens with zero attached hydrogens (tertiary/aromatic N) is 2. The van der Waals surface area contributed by atoms with Gasteiger partial charge in [0.2, 0.25) is 0 Å². The number of carbonyl (C=O) groups is 1. The molecule has 1 heterocycles. The molecular weight excluding hydrogens is 198 g/mol. The van der Waals surface area contributed by atoms with Crippen molar-refractivity contribution < 1.29 is 14.3 Å². The second-order valence-corrected chi connectivity index (χ2v) is 3.09. The minimum Gasteiger partial charge on any atom is -0.462 e. The number of nitrogens with two attached hydrogens (primary N) is 1. The first-order valence-electron chi connectivity index (χ1n) is 4.55. The number of aryl methyl sites for hydroxylation is 1. The number of carbonyl (C=O) groups excluding carboxylic acids is 1. The van der Waals surface area contributed by atoms with Gasteiger partial charge < -0.3 is 15.2 Å². The molecule has 6 heteroatoms. The van der Waals surface area contributed by atoms with Crippen molar-refractivity contribution in [3.63, 3.8) is 0 Å². The molecule has 0 aliphatic heterocycles. The molecule has 6 nitrogen and oxygen atoms in total. The maximum Gasteiger partial charge on any atom is 0.327 e. The van der Waals surface area contributed by atoms with Gasteiger partial charge >= 0.3 is 5.97 Å². The molecule has 0 radical (unpaired) electrons. The highest BCUT2D eigenvalue weighted by atomic mass is 16.6. The van der Waals surface area contributed by atoms with Crippen molar-refractivity contribution in [2.24, 2.45) is 12.8 Å². The normalized spacial score (nSPS) is 12.5. The predicted molar refractivity (Wildman–Crippen MR) is 53.0 cm³/mol. The standard InChI is InChI=1S/C9H15N3O3/c1-12-6-7(5-11-12)8(10)9(13)15-4-3-14-2/h5-6,8H,3-4,10H2,1-2H3. The van der Waals surface area contributed by atoms with Crippen LogP contribution in [0.5, 0.6) is 0 Å². The van der Waals surface area contributed by atoms with Gasteiger partial charge in [-0.25, -0.2) is 4.79 Å². The van der Waals surface area contributed by atoms with Gasteiger partial charge in [0.15, 0.2) is 0 Å². The van der Waals surface area contributed by atoms with Crippen molar-refractivity contribution in [3.8, 4) is 0 Å². The molecule has 2 N–H and O–H groups in total. The van der Waals surface area contributed by atoms with Crippen LogP contribution in [-0.4, -0.2) is 36.1 Å². The number of ether oxygens (including phenoxy) is 2. The Kier molecular flexibility index (Phi) is 4.26. The van der Waals surface area contributed by atoms with Gasteiger partial charge in [0.25, 0.3) is 0 Å². The van der Waals surface area contributed by atoms with Crippen LogP contribution in [0.2, 0.25) is 0 Å². The average molecular weight is 213 g/mol. The first-order valence-corrected chi connectivity index (χ1v) is 4.55. The van der Waals surface area contributed by atoms with Gasteiger partial charge in [-0.1, -0.05) is 0 Å². The molecule has 0 aliphatic carbocycles. The van der Waals surface area contributed by atoms with Gasteiger partial charge in [-0.3, -0.25) is 4.68 Å². The highest BCUT2D eigenvalue weighted by Gasteiger charge is 2.18. The first-order chi connectivity index (χ1) is 7.15. The fourth-order valence-electron chi connectivity index (χ4n) is 1.05. The summed E-state index contributed by atoms with van der Waals surface area (Å²) in [6.45, 7) is 0.578. The number of hydrogen-bond acceptors (Lipinski definition) is 5. The minimum atomic E-state index is -0.782. The van der Waals surface area contributed by atoms with Crippen LogP contribution in [0.3, 0.4) is 0 Å². The quantitative estimate of drug-likeness (QED) is 0.532. The van der Waals surface area contributed by atoms with E-state index in [1.807, 2.05) is 0 Å². The molecule has 0 bridgehead atoms. The Labute approximate surface area is 88.0 Å². The van der Waals surface area contributed by atoms with Crippen LogP contribution in [0.15, 0.2) is 12.4 Å². The lowest BCUT2D eigenvalue weighted by atomic mass is 10.2. The predicted octanol–water partition coefficient (Wildman–Crippen LogP) is -0.390. The van der Waals surface area contributed by atoms with Crippen molar-refractivity contribution >= 4 is 5.97 Å². The van der Waals surface area contributed by atoms with E-state index in [0.29, 0.717) is 12.2 Å². The van der Waals surface area contributed by atoms with E-state index in [-0.39, 0.29) is 6.61 Å². The molecule has 84 valence electrons. The van der Waals surface area contributed by atoms with Gasteiger partial charge in [0.1, 0.15) is 12.6 Å². The third kappa shape index (κ3) is 3.34. The van der Waals surface area contributed by atoms with Crippen molar-refractivity contribution in [2.75, 3.05) is 20.3 Å². The van der Waals surface area contributed by atoms with Crippen LogP contribution in [0.1, 0.15) is 11.6 Å². The zero-order valence-electron chi connectivity index (χ0n) is 8.84. The largest absolute Gasteiger partial charge is 0.462 e. The van der Waals surface area contributed by atoms with Gasteiger partial charge in [0, 0.05) is 25.9 Å². The van der Waals surface area contributed by atoms with Crippen molar-refractivity contribution in [1.82, 2.24) is 9.78 Å². The molecule has 0 aliphatic rings. The number of aromatic nitrogens is 2. The molecule has 15 heavy (non-hydrogen) atoms. The monoisotopic (exact) mass is 213 g/mol. The van der Waals surface area contributed by atoms with E-state index in [2.05, 4.69) is 5.10 Å². The van der Waals surface area contributed by atoms with Gasteiger partial charge in [-0.15, -0.1) is 0 Å². The van der Waals surface area contributed by atoms with Crippen molar-refractivity contribution in [1.29, 1.82) is 0 Å². The van der Waals surface area contributed by atoms with E-state index in [0.717, 1.165) is 0 Å². The molecule has 0 spiro atoms. The maximum atomic E-state index is 11.4. The minimum absolute atomic E-state index is 0.212. The van der Waals surface area contributed by atoms with E-state index >= 15 is 0 Å². The summed E-state index contributed by atoms with van der Waals surface area (Å²) in [6.07, 6.45) is 3.23. The second kappa shape index (κ2) is 5.47. The molecule has 1 unspecified atom stereocenters. The first kappa shape index (κ1) is 11.7. The van der Waals surface area contributed by atoms with Crippen LogP contribution >= 0.6 is 0 Å². The summed E-state index contributed by atoms with van der Waals surface area (Å²) in [5.41, 5.74) is 6.30. The molecule has 1 rings (SSSR count). The van der Waals surface area contributed by atoms with Crippen molar-refractivity contribution in [3.05, 3.63) is 18.0 Å². The van der Waals surface area contributed by atoms with Crippen molar-refractivity contribution in [2.45, 2.75) is 6.04 Å². The summed E-state index contributed by atoms with van der Waals surface area (Å²) >= 11 is 0. The zero-order valence-corrected chi connectivity index (χ0v) is 8.84. The number of methoxy groups -OCH3 is 1. The summed E-state index contributed by atoms with van der Waals surface area (Å²) in [7, 11) is 3.29. The topological polar surface area (TPSA) is 79.4 Å². The summed E-state index contributed by atoms with van der Waals surface area (Å²) < 4.78 is 11.2. The van der Waals surface area contributed by atoms with E-state index in [1.165, 1.54) is 7.11 Å². The summed E-state index contributed by atoms with van der Waals surface area (Å²) in [5, 5.41) is 3.92. The summed E-state index contributed by atoms with van der Waals surface area (Å²) in [4.78, 5) is 11.4. The molecule has 0 aromatic carbocycles. The molecule has 1 aromatic rings. The van der Waals surface area contributed by atoms with Crippen LogP contribution in [-0.2, 0) is 21.3 Å². The Morgan fingerprint density at radius 2 is 2.40 bits per heavy atom. The molecular formula is C9H15N3O3. The van der Waals surface area contributed by atoms with E-state index in [9.17, 15) is 4.79 Å². The lowest BCUT2D eigenvalue weighted by molar-refractivity contribution is -0.146. The Bertz CT molecular complexity index is 324. The molecule has 0 saturated heterocycles. The Morgan fingerprint density at radius 1 is 1.67 bits per heavy atom. The van der Waals surface area contributed by atoms with E-state index in [4.69, 9.17) is 15.2 Å². The molecule has 0 amide bonds. The number of hydrogen-bond donors (Lipinski definition) is 1. The fraction of sp³-hybridized carbons (Fsp3) is 0.556. The highest BCUT2D eigenvalue weighted by molar-refractivity contribution is 5.77. The van der Waals surface area contributed by atoms with E-state index < -0.39 is 12.0 Å². The Balaban J connectivity index is 2.46. The van der Waals surface area contributed by atoms with Gasteiger partial charge in [0.05, 0.1) is 12.8 Å². The maximum absolute atomic E-state index is 11.4. The van der Waals surface area contributed by atoms with Crippen LogP contribution in [0.25, 0.3) is 0 Å².